The quantitative estimate of drug-likeness (QED) is 0.510. The third-order valence-corrected chi connectivity index (χ3v) is 8.05. The molecule has 0 aliphatic carbocycles. The molecule has 184 valence electrons. The van der Waals surface area contributed by atoms with Gasteiger partial charge in [-0.05, 0) is 60.0 Å². The topological polar surface area (TPSA) is 84.9 Å². The number of hydrogen-bond donors (Lipinski definition) is 1. The molecule has 3 aromatic rings. The first-order chi connectivity index (χ1) is 16.8. The molecule has 0 saturated carbocycles. The third kappa shape index (κ3) is 5.31. The maximum Gasteiger partial charge on any atom is 0.243 e. The number of nitrogens with one attached hydrogen (secondary N) is 1. The van der Waals surface area contributed by atoms with E-state index in [0.717, 1.165) is 28.8 Å². The number of fused-ring (bicyclic) bond motifs is 1. The van der Waals surface area contributed by atoms with E-state index in [1.54, 1.807) is 32.4 Å². The predicted octanol–water partition coefficient (Wildman–Crippen LogP) is 3.84. The highest BCUT2D eigenvalue weighted by Crippen LogP contribution is 2.36. The van der Waals surface area contributed by atoms with Crippen molar-refractivity contribution in [1.29, 1.82) is 0 Å². The van der Waals surface area contributed by atoms with Gasteiger partial charge in [0.15, 0.2) is 0 Å². The van der Waals surface area contributed by atoms with E-state index in [9.17, 15) is 17.6 Å². The lowest BCUT2D eigenvalue weighted by Gasteiger charge is -2.36. The minimum atomic E-state index is -3.95. The monoisotopic (exact) mass is 498 g/mol. The molecule has 7 nitrogen and oxygen atoms in total. The molecule has 0 radical (unpaired) electrons. The largest absolute Gasteiger partial charge is 0.497 e. The number of nitrogens with zero attached hydrogens (tertiary/aromatic N) is 1. The number of benzene rings is 3. The zero-order valence-corrected chi connectivity index (χ0v) is 20.3. The van der Waals surface area contributed by atoms with Gasteiger partial charge in [-0.15, -0.1) is 0 Å². The maximum atomic E-state index is 13.5. The maximum absolute atomic E-state index is 13.5. The Bertz CT molecular complexity index is 1310. The van der Waals surface area contributed by atoms with E-state index in [-0.39, 0.29) is 30.3 Å². The van der Waals surface area contributed by atoms with Crippen molar-refractivity contribution in [1.82, 2.24) is 9.62 Å². The number of methoxy groups -OCH3 is 2. The van der Waals surface area contributed by atoms with Gasteiger partial charge in [0.1, 0.15) is 17.3 Å². The average molecular weight is 499 g/mol. The van der Waals surface area contributed by atoms with Crippen LogP contribution < -0.4 is 14.8 Å². The predicted molar refractivity (Wildman–Crippen MR) is 129 cm³/mol. The van der Waals surface area contributed by atoms with Crippen LogP contribution >= 0.6 is 0 Å². The molecular weight excluding hydrogens is 471 g/mol. The molecule has 0 spiro atoms. The summed E-state index contributed by atoms with van der Waals surface area (Å²) in [6.45, 7) is 0.413. The number of amides is 1. The highest BCUT2D eigenvalue weighted by atomic mass is 32.2. The third-order valence-electron chi connectivity index (χ3n) is 6.13. The van der Waals surface area contributed by atoms with Crippen molar-refractivity contribution in [3.05, 3.63) is 89.2 Å². The summed E-state index contributed by atoms with van der Waals surface area (Å²) in [4.78, 5) is 13.0. The number of sulfonamides is 1. The van der Waals surface area contributed by atoms with Gasteiger partial charge in [-0.3, -0.25) is 4.79 Å². The molecule has 35 heavy (non-hydrogen) atoms. The molecule has 4 rings (SSSR count). The Morgan fingerprint density at radius 3 is 2.51 bits per heavy atom. The summed E-state index contributed by atoms with van der Waals surface area (Å²) in [5.41, 5.74) is 2.53. The van der Waals surface area contributed by atoms with Crippen LogP contribution in [0.25, 0.3) is 0 Å². The minimum absolute atomic E-state index is 0.00944. The zero-order chi connectivity index (χ0) is 25.0. The van der Waals surface area contributed by atoms with E-state index in [4.69, 9.17) is 9.47 Å². The number of ether oxygens (including phenoxy) is 2. The van der Waals surface area contributed by atoms with Crippen molar-refractivity contribution in [2.75, 3.05) is 20.8 Å². The highest BCUT2D eigenvalue weighted by Gasteiger charge is 2.37. The van der Waals surface area contributed by atoms with Crippen molar-refractivity contribution < 1.29 is 27.1 Å². The molecule has 1 atom stereocenters. The first kappa shape index (κ1) is 24.7. The van der Waals surface area contributed by atoms with Crippen LogP contribution in [0.1, 0.15) is 29.2 Å². The van der Waals surface area contributed by atoms with Gasteiger partial charge >= 0.3 is 0 Å². The highest BCUT2D eigenvalue weighted by molar-refractivity contribution is 7.89. The van der Waals surface area contributed by atoms with Crippen molar-refractivity contribution in [2.24, 2.45) is 0 Å². The van der Waals surface area contributed by atoms with Gasteiger partial charge in [-0.2, -0.15) is 4.31 Å². The summed E-state index contributed by atoms with van der Waals surface area (Å²) in [6, 6.07) is 16.9. The van der Waals surface area contributed by atoms with Crippen LogP contribution in [0.4, 0.5) is 4.39 Å². The molecule has 0 aromatic heterocycles. The van der Waals surface area contributed by atoms with Gasteiger partial charge in [-0.25, -0.2) is 12.8 Å². The summed E-state index contributed by atoms with van der Waals surface area (Å²) >= 11 is 0. The summed E-state index contributed by atoms with van der Waals surface area (Å²) in [5, 5.41) is 2.88. The first-order valence-electron chi connectivity index (χ1n) is 11.2. The molecule has 1 aliphatic rings. The molecule has 1 amide bonds. The SMILES string of the molecule is COc1ccc(OC)c(CNC(=O)C[C@@H]2c3ccccc3CCN2S(=O)(=O)c2ccc(F)cc2)c1. The standard InChI is InChI=1S/C26H27FN2O5S/c1-33-21-9-12-25(34-2)19(15-21)17-28-26(30)16-24-23-6-4-3-5-18(23)13-14-29(24)35(31,32)22-10-7-20(27)8-11-22/h3-12,15,24H,13-14,16-17H2,1-2H3,(H,28,30)/t24-/m1/s1. The van der Waals surface area contributed by atoms with Crippen LogP contribution in [-0.4, -0.2) is 39.4 Å². The number of hydrogen-bond acceptors (Lipinski definition) is 5. The van der Waals surface area contributed by atoms with Gasteiger partial charge in [-0.1, -0.05) is 24.3 Å². The van der Waals surface area contributed by atoms with Crippen LogP contribution in [0.15, 0.2) is 71.6 Å². The van der Waals surface area contributed by atoms with Crippen LogP contribution in [0.3, 0.4) is 0 Å². The zero-order valence-electron chi connectivity index (χ0n) is 19.5. The van der Waals surface area contributed by atoms with Gasteiger partial charge in [0.25, 0.3) is 0 Å². The molecule has 0 saturated heterocycles. The Morgan fingerprint density at radius 1 is 1.06 bits per heavy atom. The molecule has 0 unspecified atom stereocenters. The summed E-state index contributed by atoms with van der Waals surface area (Å²) < 4.78 is 52.3. The van der Waals surface area contributed by atoms with Crippen molar-refractivity contribution in [3.8, 4) is 11.5 Å². The van der Waals surface area contributed by atoms with E-state index in [1.807, 2.05) is 24.3 Å². The van der Waals surface area contributed by atoms with Crippen LogP contribution in [0.2, 0.25) is 0 Å². The fraction of sp³-hybridized carbons (Fsp3) is 0.269. The Hall–Kier alpha value is -3.43. The lowest BCUT2D eigenvalue weighted by molar-refractivity contribution is -0.122. The Balaban J connectivity index is 1.58. The van der Waals surface area contributed by atoms with E-state index in [1.165, 1.54) is 16.4 Å². The second-order valence-electron chi connectivity index (χ2n) is 8.19. The van der Waals surface area contributed by atoms with Crippen LogP contribution in [0.5, 0.6) is 11.5 Å². The van der Waals surface area contributed by atoms with E-state index in [2.05, 4.69) is 5.32 Å². The molecular formula is C26H27FN2O5S. The van der Waals surface area contributed by atoms with E-state index < -0.39 is 21.9 Å². The second kappa shape index (κ2) is 10.5. The normalized spacial score (nSPS) is 15.8. The Labute approximate surface area is 204 Å². The molecule has 9 heteroatoms. The van der Waals surface area contributed by atoms with Crippen LogP contribution in [-0.2, 0) is 27.8 Å². The fourth-order valence-electron chi connectivity index (χ4n) is 4.33. The minimum Gasteiger partial charge on any atom is -0.497 e. The Kier molecular flexibility index (Phi) is 7.37. The Morgan fingerprint density at radius 2 is 1.80 bits per heavy atom. The molecule has 3 aromatic carbocycles. The molecule has 1 N–H and O–H groups in total. The number of halogens is 1. The molecule has 1 aliphatic heterocycles. The summed E-state index contributed by atoms with van der Waals surface area (Å²) in [7, 11) is -0.851. The van der Waals surface area contributed by atoms with Gasteiger partial charge in [0, 0.05) is 25.1 Å². The summed E-state index contributed by atoms with van der Waals surface area (Å²) in [6.07, 6.45) is 0.458. The number of carbonyl (C=O) groups excluding carboxylic acids is 1. The van der Waals surface area contributed by atoms with Crippen LogP contribution in [0, 0.1) is 5.82 Å². The van der Waals surface area contributed by atoms with Crippen molar-refractivity contribution in [2.45, 2.75) is 30.3 Å². The number of carbonyl (C=O) groups is 1. The smallest absolute Gasteiger partial charge is 0.243 e. The van der Waals surface area contributed by atoms with Crippen molar-refractivity contribution >= 4 is 15.9 Å². The lowest BCUT2D eigenvalue weighted by atomic mass is 9.92. The molecule has 0 fully saturated rings. The second-order valence-corrected chi connectivity index (χ2v) is 10.1. The van der Waals surface area contributed by atoms with E-state index >= 15 is 0 Å². The van der Waals surface area contributed by atoms with Gasteiger partial charge < -0.3 is 14.8 Å². The number of rotatable bonds is 8. The first-order valence-corrected chi connectivity index (χ1v) is 12.6. The molecule has 1 heterocycles. The average Bonchev–Trinajstić information content (AvgIpc) is 2.87. The fourth-order valence-corrected chi connectivity index (χ4v) is 5.94. The lowest BCUT2D eigenvalue weighted by Crippen LogP contribution is -2.42. The summed E-state index contributed by atoms with van der Waals surface area (Å²) in [5.74, 6) is 0.412. The van der Waals surface area contributed by atoms with Gasteiger partial charge in [0.05, 0.1) is 25.2 Å². The van der Waals surface area contributed by atoms with E-state index in [0.29, 0.717) is 17.9 Å². The van der Waals surface area contributed by atoms with Gasteiger partial charge in [0.2, 0.25) is 15.9 Å². The molecule has 0 bridgehead atoms. The van der Waals surface area contributed by atoms with Crippen molar-refractivity contribution in [3.63, 3.8) is 0 Å².